The summed E-state index contributed by atoms with van der Waals surface area (Å²) in [5.74, 6) is 0.630. The SMILES string of the molecule is CN1CCN([C@H]2Cc3c(Cl)cc(Cl)cc3[C@@H]2Oc2ccc(S(C)(=O)=O)cc2)CC1. The van der Waals surface area contributed by atoms with Gasteiger partial charge < -0.3 is 9.64 Å². The predicted octanol–water partition coefficient (Wildman–Crippen LogP) is 3.69. The second-order valence-corrected chi connectivity index (χ2v) is 10.7. The zero-order valence-electron chi connectivity index (χ0n) is 16.4. The molecule has 2 aromatic rings. The zero-order valence-corrected chi connectivity index (χ0v) is 18.8. The van der Waals surface area contributed by atoms with Crippen LogP contribution in [0.4, 0.5) is 0 Å². The number of nitrogens with zero attached hydrogens (tertiary/aromatic N) is 2. The first-order valence-electron chi connectivity index (χ1n) is 9.59. The van der Waals surface area contributed by atoms with Crippen molar-refractivity contribution in [3.63, 3.8) is 0 Å². The molecule has 0 amide bonds. The second-order valence-electron chi connectivity index (χ2n) is 7.85. The van der Waals surface area contributed by atoms with Crippen molar-refractivity contribution >= 4 is 33.0 Å². The summed E-state index contributed by atoms with van der Waals surface area (Å²) in [5.41, 5.74) is 2.09. The highest BCUT2D eigenvalue weighted by molar-refractivity contribution is 7.90. The van der Waals surface area contributed by atoms with Gasteiger partial charge in [-0.25, -0.2) is 8.42 Å². The summed E-state index contributed by atoms with van der Waals surface area (Å²) in [7, 11) is -1.11. The van der Waals surface area contributed by atoms with Crippen LogP contribution in [0.5, 0.6) is 5.75 Å². The van der Waals surface area contributed by atoms with Crippen molar-refractivity contribution in [3.8, 4) is 5.75 Å². The largest absolute Gasteiger partial charge is 0.484 e. The molecular formula is C21H24Cl2N2O3S. The number of ether oxygens (including phenoxy) is 1. The Labute approximate surface area is 182 Å². The first-order valence-corrected chi connectivity index (χ1v) is 12.2. The van der Waals surface area contributed by atoms with Gasteiger partial charge in [-0.1, -0.05) is 23.2 Å². The zero-order chi connectivity index (χ0) is 20.8. The van der Waals surface area contributed by atoms with Crippen molar-refractivity contribution in [2.24, 2.45) is 0 Å². The molecule has 29 heavy (non-hydrogen) atoms. The third kappa shape index (κ3) is 4.42. The average molecular weight is 455 g/mol. The van der Waals surface area contributed by atoms with E-state index in [4.69, 9.17) is 27.9 Å². The fourth-order valence-corrected chi connectivity index (χ4v) is 5.36. The minimum Gasteiger partial charge on any atom is -0.484 e. The highest BCUT2D eigenvalue weighted by atomic mass is 35.5. The molecule has 8 heteroatoms. The van der Waals surface area contributed by atoms with Gasteiger partial charge in [0.25, 0.3) is 0 Å². The van der Waals surface area contributed by atoms with Crippen molar-refractivity contribution in [3.05, 3.63) is 57.6 Å². The normalized spacial score (nSPS) is 23.2. The molecule has 0 radical (unpaired) electrons. The second kappa shape index (κ2) is 8.08. The smallest absolute Gasteiger partial charge is 0.175 e. The van der Waals surface area contributed by atoms with Crippen LogP contribution in [0.15, 0.2) is 41.3 Å². The van der Waals surface area contributed by atoms with Gasteiger partial charge in [-0.15, -0.1) is 0 Å². The van der Waals surface area contributed by atoms with Crippen molar-refractivity contribution in [1.82, 2.24) is 9.80 Å². The number of likely N-dealkylation sites (N-methyl/N-ethyl adjacent to an activating group) is 1. The van der Waals surface area contributed by atoms with E-state index in [1.165, 1.54) is 6.26 Å². The van der Waals surface area contributed by atoms with Crippen LogP contribution in [0.2, 0.25) is 10.0 Å². The predicted molar refractivity (Wildman–Crippen MR) is 116 cm³/mol. The molecule has 156 valence electrons. The van der Waals surface area contributed by atoms with Gasteiger partial charge >= 0.3 is 0 Å². The molecule has 4 rings (SSSR count). The van der Waals surface area contributed by atoms with Crippen LogP contribution in [0.3, 0.4) is 0 Å². The number of halogens is 2. The van der Waals surface area contributed by atoms with Crippen molar-refractivity contribution in [1.29, 1.82) is 0 Å². The lowest BCUT2D eigenvalue weighted by molar-refractivity contribution is 0.0454. The van der Waals surface area contributed by atoms with E-state index in [0.717, 1.165) is 43.7 Å². The van der Waals surface area contributed by atoms with E-state index in [9.17, 15) is 8.42 Å². The van der Waals surface area contributed by atoms with Crippen molar-refractivity contribution < 1.29 is 13.2 Å². The Morgan fingerprint density at radius 3 is 2.31 bits per heavy atom. The fraction of sp³-hybridized carbons (Fsp3) is 0.429. The summed E-state index contributed by atoms with van der Waals surface area (Å²) in [4.78, 5) is 5.06. The van der Waals surface area contributed by atoms with Gasteiger partial charge in [-0.2, -0.15) is 0 Å². The van der Waals surface area contributed by atoms with Gasteiger partial charge in [0.05, 0.1) is 10.9 Å². The lowest BCUT2D eigenvalue weighted by Gasteiger charge is -2.38. The summed E-state index contributed by atoms with van der Waals surface area (Å²) in [6.07, 6.45) is 1.79. The number of hydrogen-bond donors (Lipinski definition) is 0. The molecule has 1 heterocycles. The minimum absolute atomic E-state index is 0.157. The molecule has 1 aliphatic carbocycles. The summed E-state index contributed by atoms with van der Waals surface area (Å²) in [6, 6.07) is 10.5. The third-order valence-corrected chi connectivity index (χ3v) is 7.47. The molecule has 0 bridgehead atoms. The summed E-state index contributed by atoms with van der Waals surface area (Å²) in [6.45, 7) is 3.95. The van der Waals surface area contributed by atoms with Gasteiger partial charge in [0.15, 0.2) is 9.84 Å². The maximum Gasteiger partial charge on any atom is 0.175 e. The van der Waals surface area contributed by atoms with E-state index in [2.05, 4.69) is 16.8 Å². The maximum absolute atomic E-state index is 11.7. The van der Waals surface area contributed by atoms with Crippen LogP contribution in [-0.2, 0) is 16.3 Å². The molecule has 1 aliphatic heterocycles. The highest BCUT2D eigenvalue weighted by Crippen LogP contribution is 2.42. The van der Waals surface area contributed by atoms with E-state index in [0.29, 0.717) is 15.8 Å². The van der Waals surface area contributed by atoms with Crippen LogP contribution >= 0.6 is 23.2 Å². The highest BCUT2D eigenvalue weighted by Gasteiger charge is 2.40. The fourth-order valence-electron chi connectivity index (χ4n) is 4.14. The maximum atomic E-state index is 11.7. The monoisotopic (exact) mass is 454 g/mol. The molecule has 2 atom stereocenters. The Morgan fingerprint density at radius 1 is 1.03 bits per heavy atom. The van der Waals surface area contributed by atoms with Crippen LogP contribution < -0.4 is 4.74 Å². The van der Waals surface area contributed by atoms with Crippen LogP contribution in [0, 0.1) is 0 Å². The average Bonchev–Trinajstić information content (AvgIpc) is 3.01. The summed E-state index contributed by atoms with van der Waals surface area (Å²) in [5, 5.41) is 1.26. The molecule has 0 spiro atoms. The van der Waals surface area contributed by atoms with E-state index >= 15 is 0 Å². The number of benzene rings is 2. The number of rotatable bonds is 4. The quantitative estimate of drug-likeness (QED) is 0.704. The molecule has 0 aromatic heterocycles. The molecule has 0 N–H and O–H groups in total. The van der Waals surface area contributed by atoms with E-state index in [1.807, 2.05) is 6.07 Å². The van der Waals surface area contributed by atoms with Crippen LogP contribution in [0.1, 0.15) is 17.2 Å². The van der Waals surface area contributed by atoms with Gasteiger partial charge in [-0.05, 0) is 55.4 Å². The topological polar surface area (TPSA) is 49.9 Å². The number of fused-ring (bicyclic) bond motifs is 1. The van der Waals surface area contributed by atoms with Crippen molar-refractivity contribution in [2.75, 3.05) is 39.5 Å². The lowest BCUT2D eigenvalue weighted by atomic mass is 10.1. The van der Waals surface area contributed by atoms with Crippen molar-refractivity contribution in [2.45, 2.75) is 23.5 Å². The van der Waals surface area contributed by atoms with Crippen LogP contribution in [-0.4, -0.2) is 63.7 Å². The van der Waals surface area contributed by atoms with E-state index in [1.54, 1.807) is 30.3 Å². The molecule has 2 aliphatic rings. The summed E-state index contributed by atoms with van der Waals surface area (Å²) < 4.78 is 29.9. The first kappa shape index (κ1) is 20.9. The number of sulfone groups is 1. The Morgan fingerprint density at radius 2 is 1.69 bits per heavy atom. The molecule has 0 saturated carbocycles. The number of piperazine rings is 1. The molecule has 0 unspecified atom stereocenters. The standard InChI is InChI=1S/C21H24Cl2N2O3S/c1-24-7-9-25(10-8-24)20-13-17-18(11-14(22)12-19(17)23)21(20)28-15-3-5-16(6-4-15)29(2,26)27/h3-6,11-12,20-21H,7-10,13H2,1-2H3/t20-,21-/m0/s1. The van der Waals surface area contributed by atoms with Gasteiger partial charge in [-0.3, -0.25) is 4.90 Å². The molecule has 2 aromatic carbocycles. The van der Waals surface area contributed by atoms with Crippen LogP contribution in [0.25, 0.3) is 0 Å². The molecular weight excluding hydrogens is 431 g/mol. The summed E-state index contributed by atoms with van der Waals surface area (Å²) >= 11 is 12.8. The minimum atomic E-state index is -3.24. The molecule has 1 saturated heterocycles. The van der Waals surface area contributed by atoms with E-state index in [-0.39, 0.29) is 17.0 Å². The Bertz CT molecular complexity index is 1000. The number of hydrogen-bond acceptors (Lipinski definition) is 5. The van der Waals surface area contributed by atoms with Gasteiger partial charge in [0.1, 0.15) is 11.9 Å². The molecule has 1 fully saturated rings. The first-order chi connectivity index (χ1) is 13.7. The lowest BCUT2D eigenvalue weighted by Crippen LogP contribution is -2.50. The Kier molecular flexibility index (Phi) is 5.84. The third-order valence-electron chi connectivity index (χ3n) is 5.79. The Balaban J connectivity index is 1.65. The molecule has 5 nitrogen and oxygen atoms in total. The van der Waals surface area contributed by atoms with Gasteiger partial charge in [0.2, 0.25) is 0 Å². The Hall–Kier alpha value is -1.31. The van der Waals surface area contributed by atoms with Gasteiger partial charge in [0, 0.05) is 48.0 Å². The van der Waals surface area contributed by atoms with E-state index < -0.39 is 9.84 Å².